The highest BCUT2D eigenvalue weighted by Crippen LogP contribution is 2.44. The predicted molar refractivity (Wildman–Crippen MR) is 70.2 cm³/mol. The number of aliphatic hydroxyl groups excluding tert-OH is 1. The molecule has 1 aliphatic carbocycles. The molecule has 0 saturated carbocycles. The predicted octanol–water partition coefficient (Wildman–Crippen LogP) is 3.86. The summed E-state index contributed by atoms with van der Waals surface area (Å²) in [6.07, 6.45) is 9.43. The molecule has 90 valence electrons. The standard InChI is InChI=1S/C15H24O/c1-5-6-13(11-16)8-10-14-9-7-12(2)15(14,3)4/h5,7-8,14,16H,1,6,9-11H2,2-4H3/t14-/m0/s1. The summed E-state index contributed by atoms with van der Waals surface area (Å²) in [5.41, 5.74) is 2.90. The lowest BCUT2D eigenvalue weighted by Gasteiger charge is -2.29. The van der Waals surface area contributed by atoms with Crippen molar-refractivity contribution in [3.8, 4) is 0 Å². The Bertz CT molecular complexity index is 307. The molecule has 1 N–H and O–H groups in total. The molecule has 0 fully saturated rings. The van der Waals surface area contributed by atoms with Crippen LogP contribution < -0.4 is 0 Å². The minimum atomic E-state index is 0.158. The van der Waals surface area contributed by atoms with Gasteiger partial charge >= 0.3 is 0 Å². The summed E-state index contributed by atoms with van der Waals surface area (Å²) in [6.45, 7) is 10.7. The summed E-state index contributed by atoms with van der Waals surface area (Å²) in [5.74, 6) is 0.680. The molecule has 0 unspecified atom stereocenters. The van der Waals surface area contributed by atoms with E-state index in [1.807, 2.05) is 6.08 Å². The summed E-state index contributed by atoms with van der Waals surface area (Å²) in [4.78, 5) is 0. The zero-order valence-corrected chi connectivity index (χ0v) is 10.8. The lowest BCUT2D eigenvalue weighted by Crippen LogP contribution is -2.19. The molecular weight excluding hydrogens is 196 g/mol. The minimum Gasteiger partial charge on any atom is -0.392 e. The number of allylic oxidation sites excluding steroid dienone is 4. The highest BCUT2D eigenvalue weighted by atomic mass is 16.3. The van der Waals surface area contributed by atoms with E-state index < -0.39 is 0 Å². The van der Waals surface area contributed by atoms with Crippen LogP contribution in [0.4, 0.5) is 0 Å². The summed E-state index contributed by atoms with van der Waals surface area (Å²) < 4.78 is 0. The molecule has 0 saturated heterocycles. The van der Waals surface area contributed by atoms with Crippen molar-refractivity contribution < 1.29 is 5.11 Å². The third-order valence-corrected chi connectivity index (χ3v) is 4.05. The first-order valence-corrected chi connectivity index (χ1v) is 6.09. The lowest BCUT2D eigenvalue weighted by molar-refractivity contribution is 0.291. The zero-order valence-electron chi connectivity index (χ0n) is 10.8. The molecule has 0 radical (unpaired) electrons. The molecule has 0 aromatic rings. The van der Waals surface area contributed by atoms with E-state index in [0.717, 1.165) is 18.4 Å². The zero-order chi connectivity index (χ0) is 12.2. The Morgan fingerprint density at radius 3 is 2.75 bits per heavy atom. The molecule has 0 aromatic heterocycles. The Morgan fingerprint density at radius 1 is 1.62 bits per heavy atom. The Kier molecular flexibility index (Phi) is 4.55. The van der Waals surface area contributed by atoms with Gasteiger partial charge in [-0.1, -0.05) is 37.6 Å². The molecule has 0 heterocycles. The Morgan fingerprint density at radius 2 is 2.31 bits per heavy atom. The molecule has 0 spiro atoms. The van der Waals surface area contributed by atoms with Gasteiger partial charge < -0.3 is 5.11 Å². The molecule has 1 atom stereocenters. The van der Waals surface area contributed by atoms with Crippen molar-refractivity contribution in [3.05, 3.63) is 36.0 Å². The van der Waals surface area contributed by atoms with Gasteiger partial charge in [0.05, 0.1) is 6.61 Å². The maximum Gasteiger partial charge on any atom is 0.0644 e. The van der Waals surface area contributed by atoms with E-state index in [-0.39, 0.29) is 6.61 Å². The maximum absolute atomic E-state index is 9.18. The van der Waals surface area contributed by atoms with Crippen molar-refractivity contribution in [2.45, 2.75) is 40.0 Å². The third-order valence-electron chi connectivity index (χ3n) is 4.05. The van der Waals surface area contributed by atoms with Gasteiger partial charge in [-0.25, -0.2) is 0 Å². The van der Waals surface area contributed by atoms with Crippen LogP contribution in [0.1, 0.15) is 40.0 Å². The van der Waals surface area contributed by atoms with Crippen LogP contribution in [0.5, 0.6) is 0 Å². The fourth-order valence-corrected chi connectivity index (χ4v) is 2.30. The van der Waals surface area contributed by atoms with Gasteiger partial charge in [-0.3, -0.25) is 0 Å². The molecule has 1 heteroatoms. The van der Waals surface area contributed by atoms with Crippen LogP contribution in [0.2, 0.25) is 0 Å². The maximum atomic E-state index is 9.18. The average Bonchev–Trinajstić information content (AvgIpc) is 2.50. The first-order valence-electron chi connectivity index (χ1n) is 6.09. The Balaban J connectivity index is 2.60. The van der Waals surface area contributed by atoms with Crippen molar-refractivity contribution in [2.75, 3.05) is 6.61 Å². The normalized spacial score (nSPS) is 24.4. The van der Waals surface area contributed by atoms with Crippen LogP contribution in [-0.2, 0) is 0 Å². The molecule has 1 aliphatic rings. The molecule has 0 amide bonds. The molecular formula is C15H24O. The molecule has 1 rings (SSSR count). The van der Waals surface area contributed by atoms with E-state index in [1.54, 1.807) is 0 Å². The summed E-state index contributed by atoms with van der Waals surface area (Å²) >= 11 is 0. The monoisotopic (exact) mass is 220 g/mol. The van der Waals surface area contributed by atoms with Crippen molar-refractivity contribution in [1.29, 1.82) is 0 Å². The largest absolute Gasteiger partial charge is 0.392 e. The Hall–Kier alpha value is -0.820. The van der Waals surface area contributed by atoms with Crippen LogP contribution in [0, 0.1) is 11.3 Å². The van der Waals surface area contributed by atoms with E-state index in [1.165, 1.54) is 12.0 Å². The van der Waals surface area contributed by atoms with Crippen LogP contribution in [0.15, 0.2) is 36.0 Å². The van der Waals surface area contributed by atoms with Gasteiger partial charge in [0.2, 0.25) is 0 Å². The van der Waals surface area contributed by atoms with Gasteiger partial charge in [0.1, 0.15) is 0 Å². The number of aliphatic hydroxyl groups is 1. The first kappa shape index (κ1) is 13.2. The molecule has 16 heavy (non-hydrogen) atoms. The van der Waals surface area contributed by atoms with E-state index in [0.29, 0.717) is 11.3 Å². The summed E-state index contributed by atoms with van der Waals surface area (Å²) in [7, 11) is 0. The fourth-order valence-electron chi connectivity index (χ4n) is 2.30. The second-order valence-corrected chi connectivity index (χ2v) is 5.29. The Labute approximate surface area is 99.6 Å². The quantitative estimate of drug-likeness (QED) is 0.697. The molecule has 0 bridgehead atoms. The average molecular weight is 220 g/mol. The highest BCUT2D eigenvalue weighted by Gasteiger charge is 2.33. The van der Waals surface area contributed by atoms with Crippen LogP contribution in [0.25, 0.3) is 0 Å². The topological polar surface area (TPSA) is 20.2 Å². The van der Waals surface area contributed by atoms with Crippen molar-refractivity contribution in [3.63, 3.8) is 0 Å². The number of rotatable bonds is 5. The first-order chi connectivity index (χ1) is 7.52. The lowest BCUT2D eigenvalue weighted by atomic mass is 9.76. The molecule has 0 aliphatic heterocycles. The van der Waals surface area contributed by atoms with Gasteiger partial charge in [-0.05, 0) is 43.1 Å². The fraction of sp³-hybridized carbons (Fsp3) is 0.600. The molecule has 0 aromatic carbocycles. The highest BCUT2D eigenvalue weighted by molar-refractivity contribution is 5.19. The van der Waals surface area contributed by atoms with Crippen LogP contribution in [-0.4, -0.2) is 11.7 Å². The van der Waals surface area contributed by atoms with Crippen molar-refractivity contribution in [1.82, 2.24) is 0 Å². The van der Waals surface area contributed by atoms with Gasteiger partial charge in [-0.2, -0.15) is 0 Å². The van der Waals surface area contributed by atoms with E-state index in [4.69, 9.17) is 0 Å². The summed E-state index contributed by atoms with van der Waals surface area (Å²) in [5, 5.41) is 9.18. The van der Waals surface area contributed by atoms with Crippen LogP contribution >= 0.6 is 0 Å². The van der Waals surface area contributed by atoms with Gasteiger partial charge in [0.15, 0.2) is 0 Å². The van der Waals surface area contributed by atoms with Crippen molar-refractivity contribution >= 4 is 0 Å². The summed E-state index contributed by atoms with van der Waals surface area (Å²) in [6, 6.07) is 0. The second-order valence-electron chi connectivity index (χ2n) is 5.29. The van der Waals surface area contributed by atoms with Gasteiger partial charge in [-0.15, -0.1) is 6.58 Å². The van der Waals surface area contributed by atoms with E-state index in [9.17, 15) is 5.11 Å². The minimum absolute atomic E-state index is 0.158. The molecule has 1 nitrogen and oxygen atoms in total. The third kappa shape index (κ3) is 2.85. The van der Waals surface area contributed by atoms with Gasteiger partial charge in [0.25, 0.3) is 0 Å². The van der Waals surface area contributed by atoms with E-state index in [2.05, 4.69) is 39.5 Å². The number of hydrogen-bond donors (Lipinski definition) is 1. The smallest absolute Gasteiger partial charge is 0.0644 e. The van der Waals surface area contributed by atoms with E-state index >= 15 is 0 Å². The SMILES string of the molecule is C=CCC(=CC[C@@H]1CC=C(C)C1(C)C)CO. The van der Waals surface area contributed by atoms with Gasteiger partial charge in [0, 0.05) is 0 Å². The van der Waals surface area contributed by atoms with Crippen molar-refractivity contribution in [2.24, 2.45) is 11.3 Å². The van der Waals surface area contributed by atoms with Crippen LogP contribution in [0.3, 0.4) is 0 Å². The second kappa shape index (κ2) is 5.49. The number of hydrogen-bond acceptors (Lipinski definition) is 1.